The molecule has 1 aromatic rings. The normalized spacial score (nSPS) is 17.0. The summed E-state index contributed by atoms with van der Waals surface area (Å²) in [6.07, 6.45) is -2.66. The molecule has 0 bridgehead atoms. The Kier molecular flexibility index (Phi) is 4.41. The number of amidine groups is 1. The minimum Gasteiger partial charge on any atom is -0.384 e. The summed E-state index contributed by atoms with van der Waals surface area (Å²) in [4.78, 5) is 1.95. The summed E-state index contributed by atoms with van der Waals surface area (Å²) in [6, 6.07) is 3.37. The number of nitrogens with two attached hydrogens (primary N) is 1. The molecule has 0 unspecified atom stereocenters. The van der Waals surface area contributed by atoms with Gasteiger partial charge < -0.3 is 15.4 Å². The Morgan fingerprint density at radius 1 is 1.33 bits per heavy atom. The molecule has 1 aliphatic heterocycles. The van der Waals surface area contributed by atoms with Crippen LogP contribution in [0, 0.1) is 5.41 Å². The number of nitrogen functional groups attached to an aromatic ring is 1. The predicted octanol–water partition coefficient (Wildman–Crippen LogP) is 2.60. The van der Waals surface area contributed by atoms with Crippen LogP contribution in [0.1, 0.15) is 24.0 Å². The molecule has 1 aliphatic rings. The second kappa shape index (κ2) is 5.93. The highest BCUT2D eigenvalue weighted by molar-refractivity contribution is 6.00. The molecule has 4 nitrogen and oxygen atoms in total. The third-order valence-electron chi connectivity index (χ3n) is 3.73. The lowest BCUT2D eigenvalue weighted by molar-refractivity contribution is -0.137. The molecular weight excluding hydrogens is 283 g/mol. The number of halogens is 3. The Hall–Kier alpha value is -1.76. The number of rotatable bonds is 3. The molecule has 3 N–H and O–H groups in total. The molecule has 1 saturated heterocycles. The maximum Gasteiger partial charge on any atom is 0.416 e. The Balaban J connectivity index is 2.29. The van der Waals surface area contributed by atoms with Crippen molar-refractivity contribution >= 4 is 11.5 Å². The molecule has 0 aromatic heterocycles. The molecule has 0 saturated carbocycles. The zero-order valence-electron chi connectivity index (χ0n) is 11.7. The topological polar surface area (TPSA) is 62.3 Å². The highest BCUT2D eigenvalue weighted by Crippen LogP contribution is 2.33. The number of nitrogens with zero attached hydrogens (tertiary/aromatic N) is 1. The van der Waals surface area contributed by atoms with Crippen molar-refractivity contribution in [2.45, 2.75) is 25.1 Å². The number of alkyl halides is 3. The molecular formula is C14H18F3N3O. The van der Waals surface area contributed by atoms with Crippen LogP contribution >= 0.6 is 0 Å². The van der Waals surface area contributed by atoms with E-state index in [0.29, 0.717) is 18.8 Å². The van der Waals surface area contributed by atoms with Gasteiger partial charge in [0.2, 0.25) is 0 Å². The summed E-state index contributed by atoms with van der Waals surface area (Å²) in [7, 11) is 1.65. The number of piperidine rings is 1. The third-order valence-corrected chi connectivity index (χ3v) is 3.73. The molecule has 0 spiro atoms. The van der Waals surface area contributed by atoms with Gasteiger partial charge in [0.15, 0.2) is 0 Å². The zero-order chi connectivity index (χ0) is 15.6. The van der Waals surface area contributed by atoms with Crippen molar-refractivity contribution in [3.05, 3.63) is 29.3 Å². The Labute approximate surface area is 121 Å². The van der Waals surface area contributed by atoms with Crippen molar-refractivity contribution in [1.82, 2.24) is 0 Å². The molecule has 1 aromatic carbocycles. The number of hydrogen-bond acceptors (Lipinski definition) is 3. The van der Waals surface area contributed by atoms with Gasteiger partial charge in [-0.3, -0.25) is 5.41 Å². The van der Waals surface area contributed by atoms with Crippen molar-refractivity contribution in [3.8, 4) is 0 Å². The lowest BCUT2D eigenvalue weighted by atomic mass is 10.0. The largest absolute Gasteiger partial charge is 0.416 e. The standard InChI is InChI=1S/C14H18F3N3O/c1-21-10-4-6-20(7-5-10)12-3-2-9(14(15,16)17)8-11(12)13(18)19/h2-3,8,10H,4-7H2,1H3,(H3,18,19). The van der Waals surface area contributed by atoms with Crippen LogP contribution in [0.3, 0.4) is 0 Å². The molecule has 0 aliphatic carbocycles. The summed E-state index contributed by atoms with van der Waals surface area (Å²) < 4.78 is 43.6. The van der Waals surface area contributed by atoms with Gasteiger partial charge in [0.25, 0.3) is 0 Å². The first-order valence-electron chi connectivity index (χ1n) is 6.66. The van der Waals surface area contributed by atoms with Gasteiger partial charge in [-0.2, -0.15) is 13.2 Å². The van der Waals surface area contributed by atoms with Gasteiger partial charge in [0, 0.05) is 31.5 Å². The molecule has 7 heteroatoms. The Morgan fingerprint density at radius 2 is 1.95 bits per heavy atom. The number of anilines is 1. The third kappa shape index (κ3) is 3.47. The van der Waals surface area contributed by atoms with Gasteiger partial charge in [0.1, 0.15) is 5.84 Å². The summed E-state index contributed by atoms with van der Waals surface area (Å²) in [5, 5.41) is 7.53. The van der Waals surface area contributed by atoms with E-state index in [9.17, 15) is 13.2 Å². The highest BCUT2D eigenvalue weighted by atomic mass is 19.4. The molecule has 21 heavy (non-hydrogen) atoms. The first-order valence-corrected chi connectivity index (χ1v) is 6.66. The van der Waals surface area contributed by atoms with Gasteiger partial charge in [-0.25, -0.2) is 0 Å². The van der Waals surface area contributed by atoms with Crippen LogP contribution in [0.4, 0.5) is 18.9 Å². The number of nitrogens with one attached hydrogen (secondary N) is 1. The number of ether oxygens (including phenoxy) is 1. The quantitative estimate of drug-likeness (QED) is 0.666. The Morgan fingerprint density at radius 3 is 2.43 bits per heavy atom. The summed E-state index contributed by atoms with van der Waals surface area (Å²) in [5.74, 6) is -0.357. The number of methoxy groups -OCH3 is 1. The highest BCUT2D eigenvalue weighted by Gasteiger charge is 2.32. The van der Waals surface area contributed by atoms with Crippen LogP contribution in [0.5, 0.6) is 0 Å². The van der Waals surface area contributed by atoms with E-state index in [2.05, 4.69) is 0 Å². The predicted molar refractivity (Wildman–Crippen MR) is 74.7 cm³/mol. The fraction of sp³-hybridized carbons (Fsp3) is 0.500. The van der Waals surface area contributed by atoms with Gasteiger partial charge in [0.05, 0.1) is 11.7 Å². The minimum absolute atomic E-state index is 0.126. The summed E-state index contributed by atoms with van der Waals surface area (Å²) in [5.41, 5.74) is 5.36. The van der Waals surface area contributed by atoms with Crippen LogP contribution in [0.25, 0.3) is 0 Å². The molecule has 1 heterocycles. The first-order chi connectivity index (χ1) is 9.82. The number of hydrogen-bond donors (Lipinski definition) is 2. The van der Waals surface area contributed by atoms with Crippen molar-refractivity contribution in [2.75, 3.05) is 25.1 Å². The summed E-state index contributed by atoms with van der Waals surface area (Å²) in [6.45, 7) is 1.34. The van der Waals surface area contributed by atoms with E-state index in [1.165, 1.54) is 6.07 Å². The maximum atomic E-state index is 12.8. The average Bonchev–Trinajstić information content (AvgIpc) is 2.45. The van der Waals surface area contributed by atoms with Crippen molar-refractivity contribution < 1.29 is 17.9 Å². The van der Waals surface area contributed by atoms with Gasteiger partial charge in [-0.15, -0.1) is 0 Å². The smallest absolute Gasteiger partial charge is 0.384 e. The molecule has 1 fully saturated rings. The van der Waals surface area contributed by atoms with Crippen molar-refractivity contribution in [3.63, 3.8) is 0 Å². The summed E-state index contributed by atoms with van der Waals surface area (Å²) >= 11 is 0. The maximum absolute atomic E-state index is 12.8. The van der Waals surface area contributed by atoms with Crippen LogP contribution in [0.15, 0.2) is 18.2 Å². The van der Waals surface area contributed by atoms with Gasteiger partial charge >= 0.3 is 6.18 Å². The zero-order valence-corrected chi connectivity index (χ0v) is 11.7. The second-order valence-corrected chi connectivity index (χ2v) is 5.07. The van der Waals surface area contributed by atoms with E-state index < -0.39 is 11.7 Å². The second-order valence-electron chi connectivity index (χ2n) is 5.07. The molecule has 116 valence electrons. The molecule has 0 radical (unpaired) electrons. The molecule has 0 amide bonds. The lowest BCUT2D eigenvalue weighted by Crippen LogP contribution is -2.37. The SMILES string of the molecule is COC1CCN(c2ccc(C(F)(F)F)cc2C(=N)N)CC1. The molecule has 0 atom stereocenters. The van der Waals surface area contributed by atoms with Crippen LogP contribution < -0.4 is 10.6 Å². The Bertz CT molecular complexity index is 523. The fourth-order valence-electron chi connectivity index (χ4n) is 2.54. The van der Waals surface area contributed by atoms with Crippen molar-refractivity contribution in [2.24, 2.45) is 5.73 Å². The minimum atomic E-state index is -4.44. The van der Waals surface area contributed by atoms with E-state index >= 15 is 0 Å². The van der Waals surface area contributed by atoms with Crippen LogP contribution in [-0.4, -0.2) is 32.1 Å². The van der Waals surface area contributed by atoms with Gasteiger partial charge in [-0.1, -0.05) is 0 Å². The molecule has 2 rings (SSSR count). The fourth-order valence-corrected chi connectivity index (χ4v) is 2.54. The van der Waals surface area contributed by atoms with Gasteiger partial charge in [-0.05, 0) is 31.0 Å². The average molecular weight is 301 g/mol. The monoisotopic (exact) mass is 301 g/mol. The van der Waals surface area contributed by atoms with E-state index in [-0.39, 0.29) is 17.5 Å². The van der Waals surface area contributed by atoms with E-state index in [1.807, 2.05) is 4.90 Å². The van der Waals surface area contributed by atoms with Crippen LogP contribution in [-0.2, 0) is 10.9 Å². The number of benzene rings is 1. The lowest BCUT2D eigenvalue weighted by Gasteiger charge is -2.34. The van der Waals surface area contributed by atoms with E-state index in [0.717, 1.165) is 25.0 Å². The van der Waals surface area contributed by atoms with E-state index in [4.69, 9.17) is 15.9 Å². The first kappa shape index (κ1) is 15.6. The van der Waals surface area contributed by atoms with Crippen molar-refractivity contribution in [1.29, 1.82) is 5.41 Å². The van der Waals surface area contributed by atoms with Crippen LogP contribution in [0.2, 0.25) is 0 Å². The van der Waals surface area contributed by atoms with E-state index in [1.54, 1.807) is 7.11 Å².